The molecule has 0 atom stereocenters. The molecule has 3 nitrogen and oxygen atoms in total. The van der Waals surface area contributed by atoms with E-state index in [2.05, 4.69) is 0 Å². The van der Waals surface area contributed by atoms with Gasteiger partial charge in [-0.25, -0.2) is 0 Å². The second-order valence-electron chi connectivity index (χ2n) is 5.77. The molecule has 9 heteroatoms. The zero-order valence-electron chi connectivity index (χ0n) is 13.6. The molecule has 0 aliphatic carbocycles. The molecule has 26 heavy (non-hydrogen) atoms. The van der Waals surface area contributed by atoms with Gasteiger partial charge in [-0.3, -0.25) is 0 Å². The van der Waals surface area contributed by atoms with E-state index in [0.717, 1.165) is 15.1 Å². The van der Waals surface area contributed by atoms with Crippen LogP contribution in [0, 0.1) is 17.5 Å². The van der Waals surface area contributed by atoms with Crippen LogP contribution in [0.5, 0.6) is 0 Å². The number of aryl methyl sites for hydroxylation is 2. The molecular weight excluding hydrogens is 545 g/mol. The van der Waals surface area contributed by atoms with Crippen molar-refractivity contribution in [2.24, 2.45) is 0 Å². The van der Waals surface area contributed by atoms with Crippen LogP contribution in [0.15, 0.2) is 47.4 Å². The normalized spacial score (nSPS) is 12.7. The van der Waals surface area contributed by atoms with Crippen LogP contribution in [-0.4, -0.2) is 32.4 Å². The van der Waals surface area contributed by atoms with Crippen molar-refractivity contribution in [2.75, 3.05) is 0 Å². The SMILES string of the molecule is Cc1ccc(S(=O)(=O)n2c(I)c([Se]C(F)(F)F)c3cc(C)ccc32)cc1. The summed E-state index contributed by atoms with van der Waals surface area (Å²) in [6, 6.07) is 11.1. The van der Waals surface area contributed by atoms with Crippen molar-refractivity contribution < 1.29 is 21.6 Å². The third-order valence-electron chi connectivity index (χ3n) is 3.76. The summed E-state index contributed by atoms with van der Waals surface area (Å²) in [7, 11) is -4.01. The van der Waals surface area contributed by atoms with Crippen molar-refractivity contribution in [3.05, 3.63) is 57.3 Å². The van der Waals surface area contributed by atoms with E-state index < -0.39 is 30.1 Å². The summed E-state index contributed by atoms with van der Waals surface area (Å²) in [6.45, 7) is 3.60. The summed E-state index contributed by atoms with van der Waals surface area (Å²) in [6.07, 6.45) is 0. The van der Waals surface area contributed by atoms with Gasteiger partial charge in [-0.1, -0.05) is 0 Å². The molecule has 3 rings (SSSR count). The van der Waals surface area contributed by atoms with Crippen LogP contribution in [0.2, 0.25) is 0 Å². The van der Waals surface area contributed by atoms with Crippen LogP contribution >= 0.6 is 22.6 Å². The van der Waals surface area contributed by atoms with E-state index in [4.69, 9.17) is 0 Å². The van der Waals surface area contributed by atoms with E-state index in [1.54, 1.807) is 59.8 Å². The van der Waals surface area contributed by atoms with E-state index in [9.17, 15) is 21.6 Å². The predicted molar refractivity (Wildman–Crippen MR) is 105 cm³/mol. The minimum absolute atomic E-state index is 0.0417. The molecule has 0 aliphatic heterocycles. The first-order valence-electron chi connectivity index (χ1n) is 7.39. The number of hydrogen-bond donors (Lipinski definition) is 0. The first kappa shape index (κ1) is 19.7. The standard InChI is InChI=1S/C17H13F3INO2SSe/c1-10-3-6-12(7-4-10)25(23,24)22-14-8-5-11(2)9-13(14)15(16(22)21)26-17(18,19)20/h3-9H,1-2H3. The number of alkyl halides is 3. The number of hydrogen-bond acceptors (Lipinski definition) is 2. The molecule has 0 N–H and O–H groups in total. The summed E-state index contributed by atoms with van der Waals surface area (Å²) in [5.74, 6) is 0. The van der Waals surface area contributed by atoms with Crippen molar-refractivity contribution in [1.29, 1.82) is 0 Å². The van der Waals surface area contributed by atoms with Crippen LogP contribution in [0.1, 0.15) is 11.1 Å². The first-order chi connectivity index (χ1) is 12.0. The van der Waals surface area contributed by atoms with Gasteiger partial charge in [0.25, 0.3) is 0 Å². The number of aromatic nitrogens is 1. The summed E-state index contributed by atoms with van der Waals surface area (Å²) in [5.41, 5.74) is 1.94. The molecule has 0 saturated heterocycles. The van der Waals surface area contributed by atoms with Crippen LogP contribution < -0.4 is 4.46 Å². The Kier molecular flexibility index (Phi) is 5.20. The Morgan fingerprint density at radius 2 is 1.58 bits per heavy atom. The van der Waals surface area contributed by atoms with Crippen molar-refractivity contribution in [3.63, 3.8) is 0 Å². The molecule has 3 aromatic rings. The Morgan fingerprint density at radius 1 is 1.00 bits per heavy atom. The maximum atomic E-state index is 13.1. The maximum absolute atomic E-state index is 13.1. The summed E-state index contributed by atoms with van der Waals surface area (Å²) < 4.78 is 66.7. The second-order valence-corrected chi connectivity index (χ2v) is 10.8. The van der Waals surface area contributed by atoms with Gasteiger partial charge >= 0.3 is 170 Å². The molecule has 0 radical (unpaired) electrons. The molecule has 0 bridgehead atoms. The molecule has 138 valence electrons. The molecule has 1 heterocycles. The van der Waals surface area contributed by atoms with Gasteiger partial charge in [0.05, 0.1) is 0 Å². The van der Waals surface area contributed by atoms with E-state index in [1.165, 1.54) is 12.1 Å². The average molecular weight is 558 g/mol. The summed E-state index contributed by atoms with van der Waals surface area (Å²) in [4.78, 5) is 0.0459. The summed E-state index contributed by atoms with van der Waals surface area (Å²) in [5, 5.41) is -4.04. The van der Waals surface area contributed by atoms with Gasteiger partial charge in [-0.2, -0.15) is 0 Å². The number of halogens is 4. The van der Waals surface area contributed by atoms with Gasteiger partial charge in [0, 0.05) is 0 Å². The van der Waals surface area contributed by atoms with Crippen molar-refractivity contribution >= 4 is 62.9 Å². The van der Waals surface area contributed by atoms with Crippen LogP contribution in [0.3, 0.4) is 0 Å². The Morgan fingerprint density at radius 3 is 2.15 bits per heavy atom. The number of benzene rings is 2. The van der Waals surface area contributed by atoms with E-state index in [1.807, 2.05) is 6.92 Å². The van der Waals surface area contributed by atoms with Crippen molar-refractivity contribution in [2.45, 2.75) is 23.8 Å². The Bertz CT molecular complexity index is 1090. The van der Waals surface area contributed by atoms with Gasteiger partial charge in [0.15, 0.2) is 0 Å². The second kappa shape index (κ2) is 6.85. The molecule has 0 fully saturated rings. The van der Waals surface area contributed by atoms with Crippen LogP contribution in [0.25, 0.3) is 10.9 Å². The van der Waals surface area contributed by atoms with Gasteiger partial charge < -0.3 is 0 Å². The Labute approximate surface area is 168 Å². The van der Waals surface area contributed by atoms with E-state index >= 15 is 0 Å². The van der Waals surface area contributed by atoms with Crippen LogP contribution in [-0.2, 0) is 10.0 Å². The fourth-order valence-electron chi connectivity index (χ4n) is 2.58. The number of rotatable bonds is 3. The first-order valence-corrected chi connectivity index (χ1v) is 11.6. The molecule has 0 spiro atoms. The van der Waals surface area contributed by atoms with E-state index in [-0.39, 0.29) is 18.6 Å². The Balaban J connectivity index is 2.33. The third-order valence-corrected chi connectivity index (χ3v) is 9.44. The molecule has 0 aliphatic rings. The average Bonchev–Trinajstić information content (AvgIpc) is 2.79. The quantitative estimate of drug-likeness (QED) is 0.361. The zero-order valence-corrected chi connectivity index (χ0v) is 18.3. The summed E-state index contributed by atoms with van der Waals surface area (Å²) >= 11 is -0.140. The number of fused-ring (bicyclic) bond motifs is 1. The molecule has 0 saturated carbocycles. The predicted octanol–water partition coefficient (Wildman–Crippen LogP) is 3.95. The minimum atomic E-state index is -4.37. The van der Waals surface area contributed by atoms with Gasteiger partial charge in [0.1, 0.15) is 0 Å². The topological polar surface area (TPSA) is 39.1 Å². The fourth-order valence-corrected chi connectivity index (χ4v) is 7.45. The monoisotopic (exact) mass is 559 g/mol. The van der Waals surface area contributed by atoms with Gasteiger partial charge in [-0.15, -0.1) is 0 Å². The van der Waals surface area contributed by atoms with Crippen LogP contribution in [0.4, 0.5) is 13.2 Å². The number of nitrogens with zero attached hydrogens (tertiary/aromatic N) is 1. The van der Waals surface area contributed by atoms with Gasteiger partial charge in [0.2, 0.25) is 0 Å². The molecule has 2 aromatic carbocycles. The zero-order chi connectivity index (χ0) is 19.3. The molecular formula is C17H13F3INO2SSe. The van der Waals surface area contributed by atoms with Crippen molar-refractivity contribution in [1.82, 2.24) is 3.97 Å². The van der Waals surface area contributed by atoms with Gasteiger partial charge in [-0.05, 0) is 0 Å². The van der Waals surface area contributed by atoms with E-state index in [0.29, 0.717) is 5.39 Å². The fraction of sp³-hybridized carbons (Fsp3) is 0.176. The third kappa shape index (κ3) is 3.67. The van der Waals surface area contributed by atoms with Crippen molar-refractivity contribution in [3.8, 4) is 0 Å². The molecule has 0 unspecified atom stereocenters. The Hall–Kier alpha value is -1.03. The molecule has 1 aromatic heterocycles. The molecule has 0 amide bonds.